The highest BCUT2D eigenvalue weighted by atomic mass is 35.5. The Morgan fingerprint density at radius 3 is 2.26 bits per heavy atom. The summed E-state index contributed by atoms with van der Waals surface area (Å²) in [6.45, 7) is 0.960. The zero-order valence-corrected chi connectivity index (χ0v) is 20.6. The molecule has 10 nitrogen and oxygen atoms in total. The van der Waals surface area contributed by atoms with Gasteiger partial charge >= 0.3 is 0 Å². The number of thiophene rings is 1. The molecule has 3 amide bonds. The van der Waals surface area contributed by atoms with Crippen molar-refractivity contribution in [2.24, 2.45) is 0 Å². The Morgan fingerprint density at radius 2 is 1.71 bits per heavy atom. The predicted octanol–water partition coefficient (Wildman–Crippen LogP) is 0.937. The summed E-state index contributed by atoms with van der Waals surface area (Å²) in [5.74, 6) is -0.962. The average molecular weight is 527 g/mol. The Balaban J connectivity index is 1.46. The van der Waals surface area contributed by atoms with Crippen molar-refractivity contribution in [2.45, 2.75) is 12.1 Å². The molecule has 34 heavy (non-hydrogen) atoms. The second-order valence-corrected chi connectivity index (χ2v) is 11.7. The van der Waals surface area contributed by atoms with Crippen molar-refractivity contribution in [1.29, 1.82) is 0 Å². The standard InChI is InChI=1S/C21H23ClN4O6S2/c1-34(30,31)25-10-15(16(11-25)24-21(29)17-6-7-18(22)33-17)23-20(28)13-2-4-14(5-3-13)26-8-9-32-12-19(26)27/h2-7,15-16H,8-12H2,1H3,(H,23,28)(H,24,29)/t15-,16-/m1/s1. The molecule has 2 fully saturated rings. The number of benzene rings is 1. The zero-order valence-electron chi connectivity index (χ0n) is 18.2. The average Bonchev–Trinajstić information content (AvgIpc) is 3.40. The molecule has 2 N–H and O–H groups in total. The number of morpholine rings is 1. The third-order valence-corrected chi connectivity index (χ3v) is 8.08. The van der Waals surface area contributed by atoms with E-state index in [1.165, 1.54) is 4.31 Å². The molecule has 0 bridgehead atoms. The lowest BCUT2D eigenvalue weighted by molar-refractivity contribution is -0.125. The van der Waals surface area contributed by atoms with E-state index < -0.39 is 33.9 Å². The summed E-state index contributed by atoms with van der Waals surface area (Å²) in [5.41, 5.74) is 1.01. The molecule has 4 rings (SSSR count). The van der Waals surface area contributed by atoms with E-state index in [1.54, 1.807) is 41.3 Å². The monoisotopic (exact) mass is 526 g/mol. The van der Waals surface area contributed by atoms with Crippen LogP contribution < -0.4 is 15.5 Å². The summed E-state index contributed by atoms with van der Waals surface area (Å²) < 4.78 is 31.0. The van der Waals surface area contributed by atoms with E-state index in [0.717, 1.165) is 17.6 Å². The van der Waals surface area contributed by atoms with Gasteiger partial charge in [-0.05, 0) is 36.4 Å². The van der Waals surface area contributed by atoms with E-state index in [-0.39, 0.29) is 25.6 Å². The van der Waals surface area contributed by atoms with Gasteiger partial charge in [0, 0.05) is 30.9 Å². The van der Waals surface area contributed by atoms with Crippen molar-refractivity contribution in [3.05, 3.63) is 51.2 Å². The zero-order chi connectivity index (χ0) is 24.5. The first-order chi connectivity index (χ1) is 16.1. The SMILES string of the molecule is CS(=O)(=O)N1C[C@@H](NC(=O)c2ccc(N3CCOCC3=O)cc2)[C@H](NC(=O)c2ccc(Cl)s2)C1. The molecule has 0 radical (unpaired) electrons. The van der Waals surface area contributed by atoms with Crippen LogP contribution in [0.5, 0.6) is 0 Å². The van der Waals surface area contributed by atoms with Gasteiger partial charge in [0.15, 0.2) is 0 Å². The van der Waals surface area contributed by atoms with Gasteiger partial charge < -0.3 is 20.3 Å². The van der Waals surface area contributed by atoms with Gasteiger partial charge in [-0.3, -0.25) is 14.4 Å². The van der Waals surface area contributed by atoms with Crippen LogP contribution in [0.4, 0.5) is 5.69 Å². The molecule has 2 saturated heterocycles. The summed E-state index contributed by atoms with van der Waals surface area (Å²) in [6.07, 6.45) is 1.08. The number of carbonyl (C=O) groups excluding carboxylic acids is 3. The molecule has 2 atom stereocenters. The molecule has 0 aliphatic carbocycles. The van der Waals surface area contributed by atoms with Crippen LogP contribution >= 0.6 is 22.9 Å². The molecule has 182 valence electrons. The third-order valence-electron chi connectivity index (χ3n) is 5.61. The Bertz CT molecular complexity index is 1200. The number of nitrogens with zero attached hydrogens (tertiary/aromatic N) is 2. The Labute approximate surface area is 205 Å². The van der Waals surface area contributed by atoms with Crippen molar-refractivity contribution in [2.75, 3.05) is 44.0 Å². The van der Waals surface area contributed by atoms with Gasteiger partial charge in [-0.2, -0.15) is 4.31 Å². The highest BCUT2D eigenvalue weighted by Gasteiger charge is 2.39. The van der Waals surface area contributed by atoms with Crippen LogP contribution in [0.2, 0.25) is 4.34 Å². The Kier molecular flexibility index (Phi) is 7.24. The normalized spacial score (nSPS) is 21.5. The van der Waals surface area contributed by atoms with Gasteiger partial charge in [0.1, 0.15) is 6.61 Å². The lowest BCUT2D eigenvalue weighted by atomic mass is 10.1. The van der Waals surface area contributed by atoms with Gasteiger partial charge in [-0.15, -0.1) is 11.3 Å². The molecular weight excluding hydrogens is 504 g/mol. The number of anilines is 1. The number of hydrogen-bond donors (Lipinski definition) is 2. The topological polar surface area (TPSA) is 125 Å². The van der Waals surface area contributed by atoms with Gasteiger partial charge in [0.25, 0.3) is 17.7 Å². The lowest BCUT2D eigenvalue weighted by Gasteiger charge is -2.27. The second-order valence-electron chi connectivity index (χ2n) is 7.99. The fourth-order valence-electron chi connectivity index (χ4n) is 3.84. The minimum atomic E-state index is -3.52. The van der Waals surface area contributed by atoms with Crippen molar-refractivity contribution in [1.82, 2.24) is 14.9 Å². The van der Waals surface area contributed by atoms with Crippen LogP contribution in [0.15, 0.2) is 36.4 Å². The number of nitrogens with one attached hydrogen (secondary N) is 2. The number of carbonyl (C=O) groups is 3. The smallest absolute Gasteiger partial charge is 0.261 e. The maximum atomic E-state index is 12.9. The van der Waals surface area contributed by atoms with Gasteiger partial charge in [-0.25, -0.2) is 8.42 Å². The Hall–Kier alpha value is -2.51. The molecule has 0 saturated carbocycles. The van der Waals surface area contributed by atoms with E-state index in [0.29, 0.717) is 33.6 Å². The fraction of sp³-hybridized carbons (Fsp3) is 0.381. The minimum Gasteiger partial charge on any atom is -0.370 e. The summed E-state index contributed by atoms with van der Waals surface area (Å²) in [6, 6.07) is 8.46. The maximum Gasteiger partial charge on any atom is 0.261 e. The molecule has 0 spiro atoms. The first-order valence-electron chi connectivity index (χ1n) is 10.4. The summed E-state index contributed by atoms with van der Waals surface area (Å²) in [5, 5.41) is 5.64. The van der Waals surface area contributed by atoms with Crippen LogP contribution in [0.3, 0.4) is 0 Å². The van der Waals surface area contributed by atoms with E-state index in [4.69, 9.17) is 16.3 Å². The quantitative estimate of drug-likeness (QED) is 0.577. The van der Waals surface area contributed by atoms with E-state index >= 15 is 0 Å². The van der Waals surface area contributed by atoms with Crippen molar-refractivity contribution >= 4 is 56.4 Å². The Morgan fingerprint density at radius 1 is 1.06 bits per heavy atom. The maximum absolute atomic E-state index is 12.9. The van der Waals surface area contributed by atoms with Crippen LogP contribution in [0, 0.1) is 0 Å². The van der Waals surface area contributed by atoms with Crippen LogP contribution in [0.1, 0.15) is 20.0 Å². The molecule has 1 aromatic carbocycles. The highest BCUT2D eigenvalue weighted by molar-refractivity contribution is 7.88. The summed E-state index contributed by atoms with van der Waals surface area (Å²) >= 11 is 7.01. The number of hydrogen-bond acceptors (Lipinski definition) is 7. The highest BCUT2D eigenvalue weighted by Crippen LogP contribution is 2.23. The first-order valence-corrected chi connectivity index (χ1v) is 13.5. The molecule has 1 aromatic heterocycles. The predicted molar refractivity (Wildman–Crippen MR) is 128 cm³/mol. The molecule has 0 unspecified atom stereocenters. The van der Waals surface area contributed by atoms with Gasteiger partial charge in [0.05, 0.1) is 34.2 Å². The summed E-state index contributed by atoms with van der Waals surface area (Å²) in [7, 11) is -3.52. The van der Waals surface area contributed by atoms with Crippen molar-refractivity contribution < 1.29 is 27.5 Å². The van der Waals surface area contributed by atoms with Crippen molar-refractivity contribution in [3.63, 3.8) is 0 Å². The number of ether oxygens (including phenoxy) is 1. The third kappa shape index (κ3) is 5.58. The number of halogens is 1. The summed E-state index contributed by atoms with van der Waals surface area (Å²) in [4.78, 5) is 39.5. The molecule has 2 aliphatic heterocycles. The molecule has 13 heteroatoms. The van der Waals surface area contributed by atoms with Crippen LogP contribution in [-0.4, -0.2) is 81.6 Å². The molecule has 2 aromatic rings. The van der Waals surface area contributed by atoms with Gasteiger partial charge in [-0.1, -0.05) is 11.6 Å². The molecular formula is C21H23ClN4O6S2. The first kappa shape index (κ1) is 24.6. The minimum absolute atomic E-state index is 0.0194. The molecule has 2 aliphatic rings. The second kappa shape index (κ2) is 10.0. The van der Waals surface area contributed by atoms with Gasteiger partial charge in [0.2, 0.25) is 10.0 Å². The van der Waals surface area contributed by atoms with Crippen LogP contribution in [0.25, 0.3) is 0 Å². The van der Waals surface area contributed by atoms with E-state index in [2.05, 4.69) is 10.6 Å². The van der Waals surface area contributed by atoms with Crippen molar-refractivity contribution in [3.8, 4) is 0 Å². The van der Waals surface area contributed by atoms with E-state index in [9.17, 15) is 22.8 Å². The number of amides is 3. The fourth-order valence-corrected chi connectivity index (χ4v) is 5.65. The number of rotatable bonds is 6. The largest absolute Gasteiger partial charge is 0.370 e. The number of sulfonamides is 1. The molecule has 3 heterocycles. The van der Waals surface area contributed by atoms with Crippen LogP contribution in [-0.2, 0) is 19.6 Å². The lowest BCUT2D eigenvalue weighted by Crippen LogP contribution is -2.50. The van der Waals surface area contributed by atoms with E-state index in [1.807, 2.05) is 0 Å².